The van der Waals surface area contributed by atoms with Crippen molar-refractivity contribution in [1.29, 1.82) is 0 Å². The predicted molar refractivity (Wildman–Crippen MR) is 66.6 cm³/mol. The minimum atomic E-state index is -0.833. The highest BCUT2D eigenvalue weighted by Crippen LogP contribution is 2.19. The van der Waals surface area contributed by atoms with Gasteiger partial charge in [0.15, 0.2) is 0 Å². The standard InChI is InChI=1S/C13H25NO3/c1-4-10(2)13(3,16)9-14-12(15)11-6-5-7-17-8-11/h10-11,16H,4-9H2,1-3H3,(H,14,15)/t10-,11-,13-/m0/s1. The smallest absolute Gasteiger partial charge is 0.225 e. The number of amides is 1. The van der Waals surface area contributed by atoms with Crippen LogP contribution >= 0.6 is 0 Å². The van der Waals surface area contributed by atoms with Crippen LogP contribution in [0.5, 0.6) is 0 Å². The lowest BCUT2D eigenvalue weighted by Gasteiger charge is -2.31. The van der Waals surface area contributed by atoms with Crippen LogP contribution in [0.4, 0.5) is 0 Å². The van der Waals surface area contributed by atoms with Crippen LogP contribution in [0.2, 0.25) is 0 Å². The second-order valence-electron chi connectivity index (χ2n) is 5.30. The summed E-state index contributed by atoms with van der Waals surface area (Å²) in [5, 5.41) is 13.0. The van der Waals surface area contributed by atoms with Gasteiger partial charge in [-0.3, -0.25) is 4.79 Å². The van der Waals surface area contributed by atoms with Gasteiger partial charge in [0.1, 0.15) is 0 Å². The summed E-state index contributed by atoms with van der Waals surface area (Å²) in [6.07, 6.45) is 2.73. The number of hydrogen-bond donors (Lipinski definition) is 2. The third-order valence-corrected chi connectivity index (χ3v) is 3.83. The number of hydrogen-bond acceptors (Lipinski definition) is 3. The van der Waals surface area contributed by atoms with Crippen molar-refractivity contribution in [3.8, 4) is 0 Å². The Hall–Kier alpha value is -0.610. The minimum Gasteiger partial charge on any atom is -0.388 e. The molecule has 0 saturated carbocycles. The largest absolute Gasteiger partial charge is 0.388 e. The van der Waals surface area contributed by atoms with Crippen molar-refractivity contribution >= 4 is 5.91 Å². The van der Waals surface area contributed by atoms with Crippen LogP contribution in [0, 0.1) is 11.8 Å². The Balaban J connectivity index is 2.36. The molecule has 0 aromatic heterocycles. The maximum absolute atomic E-state index is 11.9. The number of carbonyl (C=O) groups excluding carboxylic acids is 1. The molecule has 0 bridgehead atoms. The maximum Gasteiger partial charge on any atom is 0.225 e. The summed E-state index contributed by atoms with van der Waals surface area (Å²) < 4.78 is 5.28. The van der Waals surface area contributed by atoms with E-state index in [0.29, 0.717) is 13.2 Å². The Morgan fingerprint density at radius 2 is 2.35 bits per heavy atom. The Kier molecular flexibility index (Phi) is 5.40. The molecule has 0 radical (unpaired) electrons. The molecule has 1 aliphatic heterocycles. The number of nitrogens with one attached hydrogen (secondary N) is 1. The fourth-order valence-electron chi connectivity index (χ4n) is 1.97. The quantitative estimate of drug-likeness (QED) is 0.766. The molecule has 100 valence electrons. The van der Waals surface area contributed by atoms with Crippen molar-refractivity contribution in [2.75, 3.05) is 19.8 Å². The Bertz CT molecular complexity index is 247. The summed E-state index contributed by atoms with van der Waals surface area (Å²) in [7, 11) is 0. The van der Waals surface area contributed by atoms with Crippen LogP contribution in [-0.4, -0.2) is 36.4 Å². The molecule has 1 amide bonds. The summed E-state index contributed by atoms with van der Waals surface area (Å²) in [6.45, 7) is 7.40. The summed E-state index contributed by atoms with van der Waals surface area (Å²) >= 11 is 0. The van der Waals surface area contributed by atoms with Gasteiger partial charge in [-0.1, -0.05) is 20.3 Å². The molecule has 4 heteroatoms. The summed E-state index contributed by atoms with van der Waals surface area (Å²) in [4.78, 5) is 11.9. The highest BCUT2D eigenvalue weighted by molar-refractivity contribution is 5.78. The molecule has 0 aromatic rings. The minimum absolute atomic E-state index is 0.00766. The van der Waals surface area contributed by atoms with Crippen molar-refractivity contribution in [1.82, 2.24) is 5.32 Å². The van der Waals surface area contributed by atoms with Crippen LogP contribution in [-0.2, 0) is 9.53 Å². The molecule has 1 rings (SSSR count). The molecule has 4 nitrogen and oxygen atoms in total. The summed E-state index contributed by atoms with van der Waals surface area (Å²) in [5.41, 5.74) is -0.833. The van der Waals surface area contributed by atoms with Gasteiger partial charge in [0.2, 0.25) is 5.91 Å². The average molecular weight is 243 g/mol. The number of ether oxygens (including phenoxy) is 1. The molecule has 3 atom stereocenters. The van der Waals surface area contributed by atoms with Crippen molar-refractivity contribution in [2.24, 2.45) is 11.8 Å². The SMILES string of the molecule is CC[C@H](C)[C@@](C)(O)CNC(=O)[C@H]1CCCOC1. The lowest BCUT2D eigenvalue weighted by Crippen LogP contribution is -2.47. The Morgan fingerprint density at radius 3 is 2.88 bits per heavy atom. The number of carbonyl (C=O) groups is 1. The topological polar surface area (TPSA) is 58.6 Å². The molecule has 2 N–H and O–H groups in total. The normalized spacial score (nSPS) is 26.0. The van der Waals surface area contributed by atoms with Crippen LogP contribution in [0.15, 0.2) is 0 Å². The van der Waals surface area contributed by atoms with E-state index in [9.17, 15) is 9.90 Å². The fourth-order valence-corrected chi connectivity index (χ4v) is 1.97. The molecular formula is C13H25NO3. The molecule has 1 fully saturated rings. The van der Waals surface area contributed by atoms with Crippen LogP contribution < -0.4 is 5.32 Å². The van der Waals surface area contributed by atoms with E-state index in [-0.39, 0.29) is 17.7 Å². The molecule has 0 unspecified atom stereocenters. The zero-order valence-corrected chi connectivity index (χ0v) is 11.2. The zero-order chi connectivity index (χ0) is 12.9. The van der Waals surface area contributed by atoms with E-state index < -0.39 is 5.60 Å². The molecule has 0 aliphatic carbocycles. The third-order valence-electron chi connectivity index (χ3n) is 3.83. The fraction of sp³-hybridized carbons (Fsp3) is 0.923. The first-order chi connectivity index (χ1) is 7.97. The molecule has 17 heavy (non-hydrogen) atoms. The van der Waals surface area contributed by atoms with E-state index in [1.54, 1.807) is 6.92 Å². The van der Waals surface area contributed by atoms with Crippen molar-refractivity contribution in [3.63, 3.8) is 0 Å². The van der Waals surface area contributed by atoms with Crippen LogP contribution in [0.25, 0.3) is 0 Å². The van der Waals surface area contributed by atoms with Crippen molar-refractivity contribution in [2.45, 2.75) is 45.6 Å². The van der Waals surface area contributed by atoms with Crippen LogP contribution in [0.1, 0.15) is 40.0 Å². The van der Waals surface area contributed by atoms with Crippen molar-refractivity contribution in [3.05, 3.63) is 0 Å². The Morgan fingerprint density at radius 1 is 1.65 bits per heavy atom. The zero-order valence-electron chi connectivity index (χ0n) is 11.2. The first-order valence-corrected chi connectivity index (χ1v) is 6.55. The lowest BCUT2D eigenvalue weighted by atomic mass is 9.88. The van der Waals surface area contributed by atoms with Gasteiger partial charge in [0.25, 0.3) is 0 Å². The number of rotatable bonds is 5. The second kappa shape index (κ2) is 6.36. The van der Waals surface area contributed by atoms with Gasteiger partial charge in [-0.25, -0.2) is 0 Å². The average Bonchev–Trinajstić information content (AvgIpc) is 2.36. The van der Waals surface area contributed by atoms with Gasteiger partial charge in [-0.2, -0.15) is 0 Å². The third kappa shape index (κ3) is 4.28. The van der Waals surface area contributed by atoms with E-state index in [2.05, 4.69) is 5.32 Å². The predicted octanol–water partition coefficient (Wildman–Crippen LogP) is 1.33. The van der Waals surface area contributed by atoms with Gasteiger partial charge >= 0.3 is 0 Å². The maximum atomic E-state index is 11.9. The molecule has 1 saturated heterocycles. The van der Waals surface area contributed by atoms with Gasteiger partial charge in [-0.15, -0.1) is 0 Å². The molecule has 0 aromatic carbocycles. The van der Waals surface area contributed by atoms with E-state index >= 15 is 0 Å². The molecule has 1 aliphatic rings. The monoisotopic (exact) mass is 243 g/mol. The van der Waals surface area contributed by atoms with Crippen LogP contribution in [0.3, 0.4) is 0 Å². The Labute approximate surface area is 104 Å². The van der Waals surface area contributed by atoms with E-state index in [4.69, 9.17) is 4.74 Å². The van der Waals surface area contributed by atoms with E-state index in [1.807, 2.05) is 13.8 Å². The highest BCUT2D eigenvalue weighted by atomic mass is 16.5. The first kappa shape index (κ1) is 14.5. The van der Waals surface area contributed by atoms with E-state index in [0.717, 1.165) is 25.9 Å². The highest BCUT2D eigenvalue weighted by Gasteiger charge is 2.29. The van der Waals surface area contributed by atoms with Crippen molar-refractivity contribution < 1.29 is 14.6 Å². The lowest BCUT2D eigenvalue weighted by molar-refractivity contribution is -0.130. The number of aliphatic hydroxyl groups is 1. The van der Waals surface area contributed by atoms with Gasteiger partial charge < -0.3 is 15.2 Å². The van der Waals surface area contributed by atoms with Gasteiger partial charge in [0.05, 0.1) is 18.1 Å². The molecular weight excluding hydrogens is 218 g/mol. The second-order valence-corrected chi connectivity index (χ2v) is 5.30. The summed E-state index contributed by atoms with van der Waals surface area (Å²) in [5.74, 6) is 0.134. The summed E-state index contributed by atoms with van der Waals surface area (Å²) in [6, 6.07) is 0. The van der Waals surface area contributed by atoms with E-state index in [1.165, 1.54) is 0 Å². The first-order valence-electron chi connectivity index (χ1n) is 6.55. The molecule has 0 spiro atoms. The van der Waals surface area contributed by atoms with Gasteiger partial charge in [-0.05, 0) is 25.7 Å². The van der Waals surface area contributed by atoms with Gasteiger partial charge in [0, 0.05) is 13.2 Å². The molecule has 1 heterocycles.